The fraction of sp³-hybridized carbons (Fsp3) is 0.900. The Morgan fingerprint density at radius 1 is 1.38 bits per heavy atom. The van der Waals surface area contributed by atoms with E-state index < -0.39 is 6.43 Å². The zero-order valence-corrected chi connectivity index (χ0v) is 9.81. The van der Waals surface area contributed by atoms with E-state index in [4.69, 9.17) is 0 Å². The van der Waals surface area contributed by atoms with Crippen LogP contribution in [0.5, 0.6) is 0 Å². The average molecular weight is 255 g/mol. The molecule has 1 aliphatic heterocycles. The molecule has 2 rings (SSSR count). The van der Waals surface area contributed by atoms with Crippen LogP contribution in [0.3, 0.4) is 0 Å². The fourth-order valence-electron chi connectivity index (χ4n) is 2.05. The van der Waals surface area contributed by atoms with E-state index in [-0.39, 0.29) is 36.8 Å². The van der Waals surface area contributed by atoms with Crippen LogP contribution in [0.15, 0.2) is 0 Å². The molecule has 0 aromatic carbocycles. The van der Waals surface area contributed by atoms with E-state index >= 15 is 0 Å². The van der Waals surface area contributed by atoms with Gasteiger partial charge in [-0.2, -0.15) is 0 Å². The summed E-state index contributed by atoms with van der Waals surface area (Å²) in [6, 6.07) is 0.0899. The van der Waals surface area contributed by atoms with Crippen molar-refractivity contribution in [1.82, 2.24) is 10.2 Å². The molecule has 3 nitrogen and oxygen atoms in total. The highest BCUT2D eigenvalue weighted by molar-refractivity contribution is 5.85. The lowest BCUT2D eigenvalue weighted by atomic mass is 10.1. The molecule has 94 valence electrons. The van der Waals surface area contributed by atoms with E-state index in [0.29, 0.717) is 6.54 Å². The lowest BCUT2D eigenvalue weighted by Gasteiger charge is -2.24. The molecule has 0 radical (unpaired) electrons. The van der Waals surface area contributed by atoms with Gasteiger partial charge >= 0.3 is 0 Å². The Balaban J connectivity index is 0.00000128. The first kappa shape index (κ1) is 13.6. The number of nitrogens with one attached hydrogen (secondary N) is 1. The third kappa shape index (κ3) is 3.28. The van der Waals surface area contributed by atoms with Crippen LogP contribution >= 0.6 is 12.4 Å². The molecule has 6 heteroatoms. The van der Waals surface area contributed by atoms with Crippen molar-refractivity contribution in [3.63, 3.8) is 0 Å². The number of halogens is 3. The maximum Gasteiger partial charge on any atom is 0.255 e. The molecule has 1 amide bonds. The maximum absolute atomic E-state index is 12.3. The summed E-state index contributed by atoms with van der Waals surface area (Å²) in [7, 11) is 0. The standard InChI is InChI=1S/C10H16F2N2O.ClH/c11-9(12)6-14(8-1-2-8)10(15)7-3-4-13-5-7;/h7-9,13H,1-6H2;1H. The van der Waals surface area contributed by atoms with Crippen LogP contribution in [0.1, 0.15) is 19.3 Å². The zero-order valence-electron chi connectivity index (χ0n) is 8.99. The van der Waals surface area contributed by atoms with Gasteiger partial charge in [0.15, 0.2) is 0 Å². The Bertz CT molecular complexity index is 243. The van der Waals surface area contributed by atoms with E-state index in [2.05, 4.69) is 5.32 Å². The highest BCUT2D eigenvalue weighted by Gasteiger charge is 2.37. The summed E-state index contributed by atoms with van der Waals surface area (Å²) in [5, 5.41) is 3.09. The number of amides is 1. The molecule has 0 aromatic heterocycles. The number of carbonyl (C=O) groups is 1. The maximum atomic E-state index is 12.3. The normalized spacial score (nSPS) is 24.3. The zero-order chi connectivity index (χ0) is 10.8. The van der Waals surface area contributed by atoms with Gasteiger partial charge < -0.3 is 10.2 Å². The molecule has 1 aliphatic carbocycles. The third-order valence-electron chi connectivity index (χ3n) is 3.01. The molecule has 2 aliphatic rings. The van der Waals surface area contributed by atoms with Crippen molar-refractivity contribution in [2.24, 2.45) is 5.92 Å². The van der Waals surface area contributed by atoms with E-state index in [1.165, 1.54) is 4.90 Å². The van der Waals surface area contributed by atoms with Crippen molar-refractivity contribution in [2.75, 3.05) is 19.6 Å². The highest BCUT2D eigenvalue weighted by Crippen LogP contribution is 2.29. The number of hydrogen-bond acceptors (Lipinski definition) is 2. The van der Waals surface area contributed by atoms with Crippen LogP contribution < -0.4 is 5.32 Å². The smallest absolute Gasteiger partial charge is 0.255 e. The van der Waals surface area contributed by atoms with Gasteiger partial charge in [0.2, 0.25) is 5.91 Å². The van der Waals surface area contributed by atoms with Crippen LogP contribution in [-0.4, -0.2) is 42.9 Å². The van der Waals surface area contributed by atoms with Gasteiger partial charge in [0, 0.05) is 12.6 Å². The van der Waals surface area contributed by atoms with Gasteiger partial charge in [-0.05, 0) is 25.8 Å². The Hall–Kier alpha value is -0.420. The molecule has 1 saturated heterocycles. The summed E-state index contributed by atoms with van der Waals surface area (Å²) in [6.07, 6.45) is 0.145. The summed E-state index contributed by atoms with van der Waals surface area (Å²) in [6.45, 7) is 1.08. The van der Waals surface area contributed by atoms with Gasteiger partial charge in [0.25, 0.3) is 6.43 Å². The molecule has 2 fully saturated rings. The predicted octanol–water partition coefficient (Wildman–Crippen LogP) is 1.27. The second-order valence-corrected chi connectivity index (χ2v) is 4.30. The molecule has 16 heavy (non-hydrogen) atoms. The van der Waals surface area contributed by atoms with Crippen molar-refractivity contribution in [1.29, 1.82) is 0 Å². The molecular weight excluding hydrogens is 238 g/mol. The van der Waals surface area contributed by atoms with Gasteiger partial charge in [0.05, 0.1) is 12.5 Å². The number of alkyl halides is 2. The lowest BCUT2D eigenvalue weighted by molar-refractivity contribution is -0.137. The van der Waals surface area contributed by atoms with Gasteiger partial charge in [-0.1, -0.05) is 0 Å². The summed E-state index contributed by atoms with van der Waals surface area (Å²) in [5.74, 6) is -0.160. The molecular formula is C10H17ClF2N2O. The van der Waals surface area contributed by atoms with Crippen molar-refractivity contribution >= 4 is 18.3 Å². The third-order valence-corrected chi connectivity index (χ3v) is 3.01. The highest BCUT2D eigenvalue weighted by atomic mass is 35.5. The lowest BCUT2D eigenvalue weighted by Crippen LogP contribution is -2.41. The summed E-state index contributed by atoms with van der Waals surface area (Å²) in [4.78, 5) is 13.3. The molecule has 1 unspecified atom stereocenters. The van der Waals surface area contributed by atoms with Crippen LogP contribution in [0.25, 0.3) is 0 Å². The summed E-state index contributed by atoms with van der Waals surface area (Å²) < 4.78 is 24.6. The van der Waals surface area contributed by atoms with Crippen molar-refractivity contribution in [2.45, 2.75) is 31.7 Å². The van der Waals surface area contributed by atoms with Crippen molar-refractivity contribution in [3.05, 3.63) is 0 Å². The average Bonchev–Trinajstić information content (AvgIpc) is 2.88. The minimum absolute atomic E-state index is 0. The molecule has 1 saturated carbocycles. The quantitative estimate of drug-likeness (QED) is 0.820. The first-order valence-electron chi connectivity index (χ1n) is 5.48. The van der Waals surface area contributed by atoms with Gasteiger partial charge in [-0.15, -0.1) is 12.4 Å². The molecule has 0 spiro atoms. The second-order valence-electron chi connectivity index (χ2n) is 4.30. The van der Waals surface area contributed by atoms with Crippen LogP contribution in [0, 0.1) is 5.92 Å². The minimum Gasteiger partial charge on any atom is -0.334 e. The van der Waals surface area contributed by atoms with Gasteiger partial charge in [-0.3, -0.25) is 4.79 Å². The van der Waals surface area contributed by atoms with Crippen molar-refractivity contribution < 1.29 is 13.6 Å². The van der Waals surface area contributed by atoms with Crippen LogP contribution in [-0.2, 0) is 4.79 Å². The van der Waals surface area contributed by atoms with E-state index in [0.717, 1.165) is 25.8 Å². The topological polar surface area (TPSA) is 32.3 Å². The molecule has 1 atom stereocenters. The second kappa shape index (κ2) is 5.77. The van der Waals surface area contributed by atoms with Gasteiger partial charge in [0.1, 0.15) is 0 Å². The monoisotopic (exact) mass is 254 g/mol. The number of carbonyl (C=O) groups excluding carboxylic acids is 1. The number of nitrogens with zero attached hydrogens (tertiary/aromatic N) is 1. The van der Waals surface area contributed by atoms with E-state index in [1.54, 1.807) is 0 Å². The van der Waals surface area contributed by atoms with E-state index in [1.807, 2.05) is 0 Å². The Morgan fingerprint density at radius 2 is 2.06 bits per heavy atom. The summed E-state index contributed by atoms with van der Waals surface area (Å²) in [5.41, 5.74) is 0. The largest absolute Gasteiger partial charge is 0.334 e. The molecule has 1 N–H and O–H groups in total. The fourth-order valence-corrected chi connectivity index (χ4v) is 2.05. The first-order chi connectivity index (χ1) is 7.18. The van der Waals surface area contributed by atoms with Crippen molar-refractivity contribution in [3.8, 4) is 0 Å². The Labute approximate surface area is 100.0 Å². The van der Waals surface area contributed by atoms with Crippen LogP contribution in [0.4, 0.5) is 8.78 Å². The molecule has 0 bridgehead atoms. The van der Waals surface area contributed by atoms with Gasteiger partial charge in [-0.25, -0.2) is 8.78 Å². The molecule has 1 heterocycles. The SMILES string of the molecule is Cl.O=C(C1CCNC1)N(CC(F)F)C1CC1. The number of rotatable bonds is 4. The van der Waals surface area contributed by atoms with E-state index in [9.17, 15) is 13.6 Å². The van der Waals surface area contributed by atoms with Crippen LogP contribution in [0.2, 0.25) is 0 Å². The Morgan fingerprint density at radius 3 is 2.50 bits per heavy atom. The predicted molar refractivity (Wildman–Crippen MR) is 59.0 cm³/mol. The first-order valence-corrected chi connectivity index (χ1v) is 5.48. The number of hydrogen-bond donors (Lipinski definition) is 1. The minimum atomic E-state index is -2.41. The summed E-state index contributed by atoms with van der Waals surface area (Å²) >= 11 is 0. The molecule has 0 aromatic rings. The Kier molecular flexibility index (Phi) is 4.92.